The monoisotopic (exact) mass is 328 g/mol. The molecule has 0 atom stereocenters. The van der Waals surface area contributed by atoms with Crippen LogP contribution in [-0.2, 0) is 11.8 Å². The lowest BCUT2D eigenvalue weighted by molar-refractivity contribution is 0.238. The van der Waals surface area contributed by atoms with Gasteiger partial charge in [0.2, 0.25) is 0 Å². The highest BCUT2D eigenvalue weighted by Gasteiger charge is 2.21. The van der Waals surface area contributed by atoms with Crippen molar-refractivity contribution in [3.63, 3.8) is 0 Å². The van der Waals surface area contributed by atoms with E-state index in [1.165, 1.54) is 17.2 Å². The fraction of sp³-hybridized carbons (Fsp3) is 0.350. The van der Waals surface area contributed by atoms with Crippen LogP contribution in [0, 0.1) is 12.7 Å². The maximum Gasteiger partial charge on any atom is 0.314 e. The first kappa shape index (κ1) is 18.0. The van der Waals surface area contributed by atoms with Crippen molar-refractivity contribution in [2.24, 2.45) is 0 Å². The van der Waals surface area contributed by atoms with Crippen molar-refractivity contribution in [1.82, 2.24) is 10.6 Å². The Bertz CT molecular complexity index is 680. The minimum Gasteiger partial charge on any atom is -0.338 e. The van der Waals surface area contributed by atoms with E-state index in [0.29, 0.717) is 25.1 Å². The maximum absolute atomic E-state index is 13.5. The Morgan fingerprint density at radius 3 is 2.38 bits per heavy atom. The molecule has 2 aromatic rings. The molecule has 0 fully saturated rings. The van der Waals surface area contributed by atoms with E-state index in [-0.39, 0.29) is 17.3 Å². The standard InChI is InChI=1S/C20H25FN2O/c1-15-8-10-17(11-9-15)20(2,3)14-23-19(24)22-13-12-16-6-4-5-7-18(16)21/h4-11H,12-14H2,1-3H3,(H2,22,23,24). The summed E-state index contributed by atoms with van der Waals surface area (Å²) >= 11 is 0. The summed E-state index contributed by atoms with van der Waals surface area (Å²) in [6.07, 6.45) is 0.474. The number of benzene rings is 2. The van der Waals surface area contributed by atoms with Gasteiger partial charge in [-0.3, -0.25) is 0 Å². The van der Waals surface area contributed by atoms with Gasteiger partial charge in [0.15, 0.2) is 0 Å². The maximum atomic E-state index is 13.5. The van der Waals surface area contributed by atoms with Gasteiger partial charge in [-0.25, -0.2) is 9.18 Å². The molecule has 0 unspecified atom stereocenters. The molecule has 0 bridgehead atoms. The van der Waals surface area contributed by atoms with E-state index in [2.05, 4.69) is 55.7 Å². The number of hydrogen-bond donors (Lipinski definition) is 2. The van der Waals surface area contributed by atoms with Gasteiger partial charge >= 0.3 is 6.03 Å². The largest absolute Gasteiger partial charge is 0.338 e. The van der Waals surface area contributed by atoms with Crippen LogP contribution in [0.5, 0.6) is 0 Å². The van der Waals surface area contributed by atoms with Crippen LogP contribution in [0.25, 0.3) is 0 Å². The Morgan fingerprint density at radius 1 is 1.04 bits per heavy atom. The quantitative estimate of drug-likeness (QED) is 0.828. The van der Waals surface area contributed by atoms with Crippen LogP contribution >= 0.6 is 0 Å². The average Bonchev–Trinajstić information content (AvgIpc) is 2.55. The molecule has 0 aromatic heterocycles. The number of carbonyl (C=O) groups is 1. The SMILES string of the molecule is Cc1ccc(C(C)(C)CNC(=O)NCCc2ccccc2F)cc1. The summed E-state index contributed by atoms with van der Waals surface area (Å²) in [5.41, 5.74) is 2.85. The lowest BCUT2D eigenvalue weighted by Gasteiger charge is -2.26. The summed E-state index contributed by atoms with van der Waals surface area (Å²) in [6.45, 7) is 7.17. The highest BCUT2D eigenvalue weighted by atomic mass is 19.1. The molecule has 4 heteroatoms. The van der Waals surface area contributed by atoms with Crippen molar-refractivity contribution in [3.8, 4) is 0 Å². The Morgan fingerprint density at radius 2 is 1.71 bits per heavy atom. The second-order valence-corrected chi connectivity index (χ2v) is 6.70. The van der Waals surface area contributed by atoms with Gasteiger partial charge in [0, 0.05) is 18.5 Å². The first-order chi connectivity index (χ1) is 11.4. The molecule has 0 heterocycles. The number of halogens is 1. The van der Waals surface area contributed by atoms with Crippen LogP contribution in [0.3, 0.4) is 0 Å². The molecule has 0 spiro atoms. The molecule has 2 amide bonds. The van der Waals surface area contributed by atoms with Crippen molar-refractivity contribution in [1.29, 1.82) is 0 Å². The molecule has 0 saturated heterocycles. The number of rotatable bonds is 6. The number of aryl methyl sites for hydroxylation is 1. The fourth-order valence-corrected chi connectivity index (χ4v) is 2.48. The van der Waals surface area contributed by atoms with Crippen molar-refractivity contribution in [3.05, 3.63) is 71.0 Å². The molecule has 24 heavy (non-hydrogen) atoms. The Balaban J connectivity index is 1.78. The summed E-state index contributed by atoms with van der Waals surface area (Å²) in [5.74, 6) is -0.236. The molecule has 0 radical (unpaired) electrons. The molecular weight excluding hydrogens is 303 g/mol. The van der Waals surface area contributed by atoms with E-state index in [4.69, 9.17) is 0 Å². The normalized spacial score (nSPS) is 11.2. The molecule has 0 saturated carbocycles. The zero-order chi connectivity index (χ0) is 17.6. The zero-order valence-electron chi connectivity index (χ0n) is 14.5. The second kappa shape index (κ2) is 7.95. The third kappa shape index (κ3) is 5.08. The van der Waals surface area contributed by atoms with Gasteiger partial charge in [0.05, 0.1) is 0 Å². The molecule has 2 aromatic carbocycles. The lowest BCUT2D eigenvalue weighted by Crippen LogP contribution is -2.42. The Hall–Kier alpha value is -2.36. The molecule has 128 valence electrons. The van der Waals surface area contributed by atoms with Crippen molar-refractivity contribution in [2.75, 3.05) is 13.1 Å². The number of amides is 2. The number of hydrogen-bond acceptors (Lipinski definition) is 1. The summed E-state index contributed by atoms with van der Waals surface area (Å²) in [4.78, 5) is 11.9. The predicted molar refractivity (Wildman–Crippen MR) is 95.7 cm³/mol. The highest BCUT2D eigenvalue weighted by molar-refractivity contribution is 5.73. The van der Waals surface area contributed by atoms with E-state index in [9.17, 15) is 9.18 Å². The third-order valence-electron chi connectivity index (χ3n) is 4.16. The minimum atomic E-state index is -0.236. The average molecular weight is 328 g/mol. The number of carbonyl (C=O) groups excluding carboxylic acids is 1. The van der Waals surface area contributed by atoms with Crippen molar-refractivity contribution < 1.29 is 9.18 Å². The Labute approximate surface area is 143 Å². The van der Waals surface area contributed by atoms with Crippen molar-refractivity contribution in [2.45, 2.75) is 32.6 Å². The number of urea groups is 1. The smallest absolute Gasteiger partial charge is 0.314 e. The van der Waals surface area contributed by atoms with E-state index in [0.717, 1.165) is 0 Å². The van der Waals surface area contributed by atoms with Gasteiger partial charge in [-0.1, -0.05) is 61.9 Å². The molecule has 3 nitrogen and oxygen atoms in total. The van der Waals surface area contributed by atoms with Gasteiger partial charge < -0.3 is 10.6 Å². The third-order valence-corrected chi connectivity index (χ3v) is 4.16. The van der Waals surface area contributed by atoms with Crippen LogP contribution in [-0.4, -0.2) is 19.1 Å². The van der Waals surface area contributed by atoms with Gasteiger partial charge in [0.1, 0.15) is 5.82 Å². The number of nitrogens with one attached hydrogen (secondary N) is 2. The predicted octanol–water partition coefficient (Wildman–Crippen LogP) is 3.95. The van der Waals surface area contributed by atoms with Gasteiger partial charge in [-0.15, -0.1) is 0 Å². The van der Waals surface area contributed by atoms with Crippen LogP contribution in [0.1, 0.15) is 30.5 Å². The van der Waals surface area contributed by atoms with Crippen molar-refractivity contribution >= 4 is 6.03 Å². The highest BCUT2D eigenvalue weighted by Crippen LogP contribution is 2.22. The molecule has 0 aliphatic rings. The fourth-order valence-electron chi connectivity index (χ4n) is 2.48. The molecule has 0 aliphatic carbocycles. The minimum absolute atomic E-state index is 0.156. The Kier molecular flexibility index (Phi) is 5.96. The summed E-state index contributed by atoms with van der Waals surface area (Å²) in [7, 11) is 0. The van der Waals surface area contributed by atoms with E-state index in [1.807, 2.05) is 0 Å². The second-order valence-electron chi connectivity index (χ2n) is 6.70. The molecule has 0 aliphatic heterocycles. The summed E-state index contributed by atoms with van der Waals surface area (Å²) < 4.78 is 13.5. The van der Waals surface area contributed by atoms with Crippen LogP contribution in [0.15, 0.2) is 48.5 Å². The zero-order valence-corrected chi connectivity index (χ0v) is 14.5. The topological polar surface area (TPSA) is 41.1 Å². The van der Waals surface area contributed by atoms with E-state index >= 15 is 0 Å². The van der Waals surface area contributed by atoms with Crippen LogP contribution in [0.4, 0.5) is 9.18 Å². The first-order valence-electron chi connectivity index (χ1n) is 8.21. The molecule has 2 N–H and O–H groups in total. The van der Waals surface area contributed by atoms with Gasteiger partial charge in [0.25, 0.3) is 0 Å². The van der Waals surface area contributed by atoms with E-state index < -0.39 is 0 Å². The van der Waals surface area contributed by atoms with Crippen LogP contribution < -0.4 is 10.6 Å². The lowest BCUT2D eigenvalue weighted by atomic mass is 9.84. The van der Waals surface area contributed by atoms with Crippen LogP contribution in [0.2, 0.25) is 0 Å². The summed E-state index contributed by atoms with van der Waals surface area (Å²) in [6, 6.07) is 14.7. The molecular formula is C20H25FN2O. The van der Waals surface area contributed by atoms with Gasteiger partial charge in [-0.2, -0.15) is 0 Å². The van der Waals surface area contributed by atoms with E-state index in [1.54, 1.807) is 18.2 Å². The first-order valence-corrected chi connectivity index (χ1v) is 8.21. The molecule has 2 rings (SSSR count). The van der Waals surface area contributed by atoms with Gasteiger partial charge in [-0.05, 0) is 30.5 Å². The summed E-state index contributed by atoms with van der Waals surface area (Å²) in [5, 5.41) is 5.67.